The molecule has 0 bridgehead atoms. The molecule has 2 saturated heterocycles. The van der Waals surface area contributed by atoms with Crippen molar-refractivity contribution in [1.29, 1.82) is 0 Å². The highest BCUT2D eigenvalue weighted by molar-refractivity contribution is 5.02. The molecule has 0 spiro atoms. The second-order valence-electron chi connectivity index (χ2n) is 5.96. The zero-order valence-corrected chi connectivity index (χ0v) is 12.2. The summed E-state index contributed by atoms with van der Waals surface area (Å²) in [6.07, 6.45) is 0.813. The van der Waals surface area contributed by atoms with Gasteiger partial charge in [-0.25, -0.2) is 0 Å². The fourth-order valence-electron chi connectivity index (χ4n) is 2.86. The fraction of sp³-hybridized carbons (Fsp3) is 0.846. The summed E-state index contributed by atoms with van der Waals surface area (Å²) in [7, 11) is 4.30. The van der Waals surface area contributed by atoms with Crippen molar-refractivity contribution in [3.8, 4) is 0 Å². The summed E-state index contributed by atoms with van der Waals surface area (Å²) in [5, 5.41) is 4.11. The van der Waals surface area contributed by atoms with Crippen LogP contribution in [0.5, 0.6) is 0 Å². The molecule has 1 aromatic heterocycles. The van der Waals surface area contributed by atoms with Crippen molar-refractivity contribution in [2.75, 3.05) is 46.9 Å². The Hall–Kier alpha value is -1.02. The predicted molar refractivity (Wildman–Crippen MR) is 73.5 cm³/mol. The average molecular weight is 281 g/mol. The number of aromatic nitrogens is 2. The van der Waals surface area contributed by atoms with Crippen LogP contribution in [0.1, 0.15) is 17.6 Å². The molecule has 3 unspecified atom stereocenters. The maximum atomic E-state index is 5.98. The lowest BCUT2D eigenvalue weighted by molar-refractivity contribution is 0.113. The third-order valence-electron chi connectivity index (χ3n) is 4.32. The van der Waals surface area contributed by atoms with E-state index in [9.17, 15) is 0 Å². The summed E-state index contributed by atoms with van der Waals surface area (Å²) in [4.78, 5) is 9.21. The number of nitrogens with two attached hydrogens (primary N) is 1. The number of hydrogen-bond donors (Lipinski definition) is 1. The van der Waals surface area contributed by atoms with E-state index < -0.39 is 0 Å². The van der Waals surface area contributed by atoms with Gasteiger partial charge >= 0.3 is 0 Å². The average Bonchev–Trinajstić information content (AvgIpc) is 3.02. The summed E-state index contributed by atoms with van der Waals surface area (Å²) >= 11 is 0. The molecule has 3 rings (SSSR count). The molecule has 20 heavy (non-hydrogen) atoms. The molecule has 3 heterocycles. The molecule has 7 nitrogen and oxygen atoms in total. The Bertz CT molecular complexity index is 452. The lowest BCUT2D eigenvalue weighted by Gasteiger charge is -2.37. The van der Waals surface area contributed by atoms with Gasteiger partial charge in [0.25, 0.3) is 0 Å². The van der Waals surface area contributed by atoms with Gasteiger partial charge in [-0.3, -0.25) is 0 Å². The lowest BCUT2D eigenvalue weighted by Crippen LogP contribution is -2.50. The highest BCUT2D eigenvalue weighted by Gasteiger charge is 2.32. The molecule has 0 amide bonds. The van der Waals surface area contributed by atoms with Gasteiger partial charge in [-0.05, 0) is 14.1 Å². The zero-order valence-electron chi connectivity index (χ0n) is 12.2. The maximum Gasteiger partial charge on any atom is 0.233 e. The smallest absolute Gasteiger partial charge is 0.233 e. The molecule has 1 aromatic rings. The Balaban J connectivity index is 1.64. The molecule has 0 aliphatic carbocycles. The van der Waals surface area contributed by atoms with Gasteiger partial charge in [-0.2, -0.15) is 4.98 Å². The minimum atomic E-state index is -0.0354. The Morgan fingerprint density at radius 3 is 2.90 bits per heavy atom. The molecule has 112 valence electrons. The van der Waals surface area contributed by atoms with Crippen LogP contribution in [0.25, 0.3) is 0 Å². The third-order valence-corrected chi connectivity index (χ3v) is 4.32. The van der Waals surface area contributed by atoms with E-state index >= 15 is 0 Å². The van der Waals surface area contributed by atoms with Crippen molar-refractivity contribution in [3.05, 3.63) is 11.7 Å². The van der Waals surface area contributed by atoms with Crippen molar-refractivity contribution in [1.82, 2.24) is 19.9 Å². The first-order chi connectivity index (χ1) is 9.63. The van der Waals surface area contributed by atoms with Gasteiger partial charge in [-0.15, -0.1) is 0 Å². The quantitative estimate of drug-likeness (QED) is 0.784. The van der Waals surface area contributed by atoms with Crippen LogP contribution in [0.4, 0.5) is 0 Å². The Labute approximate surface area is 119 Å². The van der Waals surface area contributed by atoms with Gasteiger partial charge in [-0.1, -0.05) is 5.16 Å². The maximum absolute atomic E-state index is 5.98. The molecule has 2 aliphatic rings. The topological polar surface area (TPSA) is 80.7 Å². The summed E-state index contributed by atoms with van der Waals surface area (Å²) in [5.41, 5.74) is 5.98. The van der Waals surface area contributed by atoms with Crippen LogP contribution in [0, 0.1) is 0 Å². The van der Waals surface area contributed by atoms with Crippen LogP contribution in [0.2, 0.25) is 0 Å². The van der Waals surface area contributed by atoms with Crippen molar-refractivity contribution < 1.29 is 9.26 Å². The number of rotatable bonds is 3. The highest BCUT2D eigenvalue weighted by Crippen LogP contribution is 2.23. The van der Waals surface area contributed by atoms with E-state index in [2.05, 4.69) is 34.0 Å². The van der Waals surface area contributed by atoms with E-state index in [4.69, 9.17) is 15.0 Å². The molecular weight excluding hydrogens is 258 g/mol. The van der Waals surface area contributed by atoms with Crippen molar-refractivity contribution in [2.24, 2.45) is 5.73 Å². The van der Waals surface area contributed by atoms with E-state index in [1.54, 1.807) is 0 Å². The minimum absolute atomic E-state index is 0.0354. The molecule has 2 fully saturated rings. The molecule has 0 aromatic carbocycles. The van der Waals surface area contributed by atoms with E-state index in [0.717, 1.165) is 31.9 Å². The van der Waals surface area contributed by atoms with Gasteiger partial charge in [0.05, 0.1) is 19.1 Å². The monoisotopic (exact) mass is 281 g/mol. The number of hydrogen-bond acceptors (Lipinski definition) is 7. The van der Waals surface area contributed by atoms with Crippen LogP contribution in [-0.2, 0) is 11.2 Å². The SMILES string of the molecule is CN1CCN(C)C(Cc2noc(C3COCC3N)n2)C1. The summed E-state index contributed by atoms with van der Waals surface area (Å²) in [5.74, 6) is 1.44. The van der Waals surface area contributed by atoms with Crippen LogP contribution < -0.4 is 5.73 Å². The molecule has 2 aliphatic heterocycles. The third kappa shape index (κ3) is 2.85. The Morgan fingerprint density at radius 1 is 1.30 bits per heavy atom. The number of likely N-dealkylation sites (N-methyl/N-ethyl adjacent to an activating group) is 2. The molecule has 0 radical (unpaired) electrons. The van der Waals surface area contributed by atoms with Gasteiger partial charge in [0.15, 0.2) is 5.82 Å². The second-order valence-corrected chi connectivity index (χ2v) is 5.96. The Morgan fingerprint density at radius 2 is 2.15 bits per heavy atom. The van der Waals surface area contributed by atoms with E-state index in [0.29, 0.717) is 25.1 Å². The number of nitrogens with zero attached hydrogens (tertiary/aromatic N) is 4. The van der Waals surface area contributed by atoms with E-state index in [1.165, 1.54) is 0 Å². The summed E-state index contributed by atoms with van der Waals surface area (Å²) in [6.45, 7) is 4.37. The molecule has 3 atom stereocenters. The first-order valence-corrected chi connectivity index (χ1v) is 7.18. The van der Waals surface area contributed by atoms with E-state index in [-0.39, 0.29) is 12.0 Å². The van der Waals surface area contributed by atoms with Crippen LogP contribution >= 0.6 is 0 Å². The van der Waals surface area contributed by atoms with Gasteiger partial charge in [0, 0.05) is 38.1 Å². The zero-order chi connectivity index (χ0) is 14.1. The summed E-state index contributed by atoms with van der Waals surface area (Å²) in [6, 6.07) is 0.402. The van der Waals surface area contributed by atoms with Gasteiger partial charge in [0.2, 0.25) is 5.89 Å². The first kappa shape index (κ1) is 13.9. The Kier molecular flexibility index (Phi) is 4.02. The highest BCUT2D eigenvalue weighted by atomic mass is 16.5. The van der Waals surface area contributed by atoms with E-state index in [1.807, 2.05) is 0 Å². The molecular formula is C13H23N5O2. The van der Waals surface area contributed by atoms with Crippen LogP contribution in [0.3, 0.4) is 0 Å². The second kappa shape index (κ2) is 5.77. The summed E-state index contributed by atoms with van der Waals surface area (Å²) < 4.78 is 10.7. The van der Waals surface area contributed by atoms with Gasteiger partial charge in [0.1, 0.15) is 0 Å². The number of ether oxygens (including phenoxy) is 1. The number of piperazine rings is 1. The first-order valence-electron chi connectivity index (χ1n) is 7.18. The van der Waals surface area contributed by atoms with Gasteiger partial charge < -0.3 is 24.8 Å². The molecule has 2 N–H and O–H groups in total. The fourth-order valence-corrected chi connectivity index (χ4v) is 2.86. The lowest BCUT2D eigenvalue weighted by atomic mass is 10.1. The van der Waals surface area contributed by atoms with Crippen LogP contribution in [-0.4, -0.2) is 79.0 Å². The van der Waals surface area contributed by atoms with Crippen LogP contribution in [0.15, 0.2) is 4.52 Å². The minimum Gasteiger partial charge on any atom is -0.379 e. The van der Waals surface area contributed by atoms with Crippen molar-refractivity contribution in [2.45, 2.75) is 24.4 Å². The molecule has 0 saturated carbocycles. The molecule has 7 heteroatoms. The van der Waals surface area contributed by atoms with Crippen molar-refractivity contribution >= 4 is 0 Å². The van der Waals surface area contributed by atoms with Crippen molar-refractivity contribution in [3.63, 3.8) is 0 Å². The predicted octanol–water partition coefficient (Wildman–Crippen LogP) is -0.701. The largest absolute Gasteiger partial charge is 0.379 e. The normalized spacial score (nSPS) is 32.9. The standard InChI is InChI=1S/C13H23N5O2/c1-17-3-4-18(2)9(6-17)5-12-15-13(20-16-12)10-7-19-8-11(10)14/h9-11H,3-8,14H2,1-2H3.